The summed E-state index contributed by atoms with van der Waals surface area (Å²) >= 11 is -0.139. The lowest BCUT2D eigenvalue weighted by Gasteiger charge is -2.18. The van der Waals surface area contributed by atoms with E-state index in [0.29, 0.717) is 6.04 Å². The van der Waals surface area contributed by atoms with E-state index in [9.17, 15) is 0 Å². The van der Waals surface area contributed by atoms with Gasteiger partial charge in [-0.1, -0.05) is 42.8 Å². The van der Waals surface area contributed by atoms with Crippen LogP contribution in [0.4, 0.5) is 0 Å². The van der Waals surface area contributed by atoms with E-state index in [4.69, 9.17) is 5.73 Å². The predicted molar refractivity (Wildman–Crippen MR) is 71.6 cm³/mol. The second-order valence-corrected chi connectivity index (χ2v) is 8.04. The van der Waals surface area contributed by atoms with Crippen molar-refractivity contribution >= 4 is 14.1 Å². The molecule has 0 bridgehead atoms. The summed E-state index contributed by atoms with van der Waals surface area (Å²) in [7, 11) is 0. The molecule has 0 spiro atoms. The van der Waals surface area contributed by atoms with Crippen molar-refractivity contribution in [2.45, 2.75) is 42.7 Å². The molecule has 0 unspecified atom stereocenters. The number of benzene rings is 1. The van der Waals surface area contributed by atoms with Gasteiger partial charge in [-0.05, 0) is 12.8 Å². The van der Waals surface area contributed by atoms with Crippen molar-refractivity contribution in [1.82, 2.24) is 0 Å². The Morgan fingerprint density at radius 1 is 0.867 bits per heavy atom. The smallest absolute Gasteiger partial charge is 0.251 e. The van der Waals surface area contributed by atoms with Gasteiger partial charge < -0.3 is 5.73 Å². The molecular weight excluding hydrogens is 197 g/mol. The van der Waals surface area contributed by atoms with Crippen LogP contribution in [0.5, 0.6) is 0 Å². The summed E-state index contributed by atoms with van der Waals surface area (Å²) in [5.41, 5.74) is 5.38. The largest absolute Gasteiger partial charge is 0.328 e. The average Bonchev–Trinajstić information content (AvgIpc) is 2.18. The molecule has 15 heavy (non-hydrogen) atoms. The summed E-state index contributed by atoms with van der Waals surface area (Å²) in [6.07, 6.45) is 3.89. The maximum absolute atomic E-state index is 5.38. The minimum atomic E-state index is -0.139. The van der Waals surface area contributed by atoms with Crippen molar-refractivity contribution in [3.05, 3.63) is 36.4 Å². The molecule has 2 heteroatoms. The van der Waals surface area contributed by atoms with E-state index in [1.807, 2.05) is 36.4 Å². The first-order valence-electron chi connectivity index (χ1n) is 5.88. The molecule has 0 saturated heterocycles. The summed E-state index contributed by atoms with van der Waals surface area (Å²) in [5.74, 6) is 6.92. The lowest BCUT2D eigenvalue weighted by atomic mass is 9.95. The topological polar surface area (TPSA) is 26.0 Å². The number of hydrogen-bond acceptors (Lipinski definition) is 1. The normalized spacial score (nSPS) is 13.6. The van der Waals surface area contributed by atoms with E-state index in [0.717, 1.165) is 0 Å². The Bertz CT molecular complexity index is 178. The second kappa shape index (κ2) is 10.2. The Labute approximate surface area is 99.1 Å². The summed E-state index contributed by atoms with van der Waals surface area (Å²) in [6, 6.07) is 12.6. The number of hydrogen-bond donors (Lipinski definition) is 1. The van der Waals surface area contributed by atoms with Gasteiger partial charge in [0.2, 0.25) is 0 Å². The summed E-state index contributed by atoms with van der Waals surface area (Å²) < 4.78 is 0. The van der Waals surface area contributed by atoms with Crippen LogP contribution in [0.15, 0.2) is 36.4 Å². The summed E-state index contributed by atoms with van der Waals surface area (Å²) in [6.45, 7) is 0. The van der Waals surface area contributed by atoms with Gasteiger partial charge in [0.25, 0.3) is 14.1 Å². The van der Waals surface area contributed by atoms with Gasteiger partial charge in [-0.3, -0.25) is 0 Å². The summed E-state index contributed by atoms with van der Waals surface area (Å²) in [4.78, 5) is 0. The van der Waals surface area contributed by atoms with Crippen LogP contribution < -0.4 is 5.73 Å². The molecule has 2 rings (SSSR count). The lowest BCUT2D eigenvalue weighted by Crippen LogP contribution is -2.27. The third-order valence-corrected chi connectivity index (χ3v) is 1.82. The first kappa shape index (κ1) is 14.7. The average molecular weight is 221 g/mol. The first-order valence-corrected chi connectivity index (χ1v) is 9.35. The van der Waals surface area contributed by atoms with Gasteiger partial charge in [-0.25, -0.2) is 0 Å². The second-order valence-electron chi connectivity index (χ2n) is 4.58. The third-order valence-electron chi connectivity index (χ3n) is 1.82. The first-order chi connectivity index (χ1) is 7.13. The molecule has 0 amide bonds. The van der Waals surface area contributed by atoms with Gasteiger partial charge in [-0.2, -0.15) is 0 Å². The van der Waals surface area contributed by atoms with Crippen LogP contribution in [0.25, 0.3) is 0 Å². The van der Waals surface area contributed by atoms with Crippen molar-refractivity contribution in [1.29, 1.82) is 0 Å². The minimum Gasteiger partial charge on any atom is -0.328 e. The maximum atomic E-state index is 5.38. The number of nitrogens with two attached hydrogens (primary N) is 1. The van der Waals surface area contributed by atoms with Gasteiger partial charge in [0, 0.05) is 6.04 Å². The van der Waals surface area contributed by atoms with Crippen molar-refractivity contribution in [3.63, 3.8) is 0 Å². The highest BCUT2D eigenvalue weighted by atomic mass is 27.2. The molecule has 1 aromatic rings. The Hall–Kier alpha value is -0.288. The monoisotopic (exact) mass is 221 g/mol. The molecule has 1 aromatic carbocycles. The highest BCUT2D eigenvalue weighted by Gasteiger charge is 2.09. The zero-order valence-corrected chi connectivity index (χ0v) is 11.5. The van der Waals surface area contributed by atoms with Gasteiger partial charge in [0.15, 0.2) is 0 Å². The number of rotatable bonds is 0. The van der Waals surface area contributed by atoms with E-state index in [-0.39, 0.29) is 14.1 Å². The van der Waals surface area contributed by atoms with E-state index < -0.39 is 0 Å². The molecule has 0 radical (unpaired) electrons. The van der Waals surface area contributed by atoms with Crippen molar-refractivity contribution in [2.24, 2.45) is 5.73 Å². The quantitative estimate of drug-likeness (QED) is 0.666. The fourth-order valence-corrected chi connectivity index (χ4v) is 0.825. The fraction of sp³-hybridized carbons (Fsp3) is 0.538. The van der Waals surface area contributed by atoms with E-state index in [1.165, 1.54) is 19.3 Å². The van der Waals surface area contributed by atoms with E-state index in [1.54, 1.807) is 0 Å². The molecule has 1 aliphatic carbocycles. The summed E-state index contributed by atoms with van der Waals surface area (Å²) in [5, 5.41) is 0. The van der Waals surface area contributed by atoms with Crippen LogP contribution in [-0.2, 0) is 0 Å². The SMILES string of the molecule is NC1CCC1.[CH3][Al]([CH3])[CH3].c1ccccc1. The Morgan fingerprint density at radius 3 is 1.13 bits per heavy atom. The van der Waals surface area contributed by atoms with Crippen LogP contribution in [0.1, 0.15) is 19.3 Å². The Balaban J connectivity index is 0.000000202. The molecule has 0 atom stereocenters. The van der Waals surface area contributed by atoms with Gasteiger partial charge in [0.1, 0.15) is 0 Å². The highest BCUT2D eigenvalue weighted by Crippen LogP contribution is 2.14. The zero-order valence-electron chi connectivity index (χ0n) is 10.3. The molecule has 1 nitrogen and oxygen atoms in total. The molecule has 0 aliphatic heterocycles. The molecule has 0 heterocycles. The van der Waals surface area contributed by atoms with Gasteiger partial charge in [-0.15, -0.1) is 17.4 Å². The highest BCUT2D eigenvalue weighted by molar-refractivity contribution is 6.54. The maximum Gasteiger partial charge on any atom is 0.251 e. The Kier molecular flexibility index (Phi) is 10.0. The van der Waals surface area contributed by atoms with Crippen molar-refractivity contribution in [2.75, 3.05) is 0 Å². The van der Waals surface area contributed by atoms with Crippen LogP contribution in [0, 0.1) is 0 Å². The molecule has 1 saturated carbocycles. The van der Waals surface area contributed by atoms with Gasteiger partial charge >= 0.3 is 0 Å². The molecular formula is C13H24AlN. The predicted octanol–water partition coefficient (Wildman–Crippen LogP) is 3.55. The van der Waals surface area contributed by atoms with Crippen LogP contribution in [0.3, 0.4) is 0 Å². The van der Waals surface area contributed by atoms with Crippen molar-refractivity contribution < 1.29 is 0 Å². The lowest BCUT2D eigenvalue weighted by molar-refractivity contribution is 0.418. The van der Waals surface area contributed by atoms with E-state index >= 15 is 0 Å². The Morgan fingerprint density at radius 2 is 1.07 bits per heavy atom. The van der Waals surface area contributed by atoms with Crippen molar-refractivity contribution in [3.8, 4) is 0 Å². The molecule has 2 N–H and O–H groups in total. The molecule has 1 fully saturated rings. The zero-order chi connectivity index (χ0) is 11.5. The third kappa shape index (κ3) is 13.7. The molecule has 0 aromatic heterocycles. The van der Waals surface area contributed by atoms with Crippen LogP contribution in [-0.4, -0.2) is 20.2 Å². The van der Waals surface area contributed by atoms with Crippen LogP contribution >= 0.6 is 0 Å². The molecule has 1 aliphatic rings. The minimum absolute atomic E-state index is 0.139. The molecule has 84 valence electrons. The van der Waals surface area contributed by atoms with Gasteiger partial charge in [0.05, 0.1) is 0 Å². The standard InChI is InChI=1S/C6H6.C4H9N.3CH3.Al/c1-2-4-6-5-3-1;5-4-2-1-3-4;;;;/h1-6H;4H,1-3,5H2;3*1H3;. The van der Waals surface area contributed by atoms with E-state index in [2.05, 4.69) is 17.4 Å². The van der Waals surface area contributed by atoms with Crippen LogP contribution in [0.2, 0.25) is 17.4 Å². The fourth-order valence-electron chi connectivity index (χ4n) is 0.825.